The van der Waals surface area contributed by atoms with E-state index in [1.54, 1.807) is 17.1 Å². The maximum Gasteiger partial charge on any atom is 0.252 e. The molecule has 0 bridgehead atoms. The summed E-state index contributed by atoms with van der Waals surface area (Å²) in [5.41, 5.74) is 3.29. The number of hydrogen-bond donors (Lipinski definition) is 2. The van der Waals surface area contributed by atoms with Crippen LogP contribution in [0.15, 0.2) is 61.2 Å². The summed E-state index contributed by atoms with van der Waals surface area (Å²) in [5.74, 6) is -0.271. The Balaban J connectivity index is 1.37. The number of carbonyl (C=O) groups is 2. The van der Waals surface area contributed by atoms with E-state index in [0.717, 1.165) is 16.8 Å². The topological polar surface area (TPSA) is 88.9 Å². The number of nitrogens with zero attached hydrogens (tertiary/aromatic N) is 3. The maximum atomic E-state index is 12.3. The molecule has 1 aromatic heterocycles. The van der Waals surface area contributed by atoms with Crippen molar-refractivity contribution in [1.29, 1.82) is 0 Å². The average molecular weight is 347 g/mol. The maximum absolute atomic E-state index is 12.3. The van der Waals surface area contributed by atoms with E-state index in [4.69, 9.17) is 0 Å². The zero-order valence-electron chi connectivity index (χ0n) is 13.9. The van der Waals surface area contributed by atoms with Crippen LogP contribution >= 0.6 is 0 Å². The molecule has 0 aliphatic carbocycles. The number of nitrogens with one attached hydrogen (secondary N) is 2. The highest BCUT2D eigenvalue weighted by Crippen LogP contribution is 2.27. The zero-order chi connectivity index (χ0) is 17.9. The number of amides is 2. The van der Waals surface area contributed by atoms with Crippen molar-refractivity contribution < 1.29 is 9.59 Å². The van der Waals surface area contributed by atoms with Gasteiger partial charge >= 0.3 is 0 Å². The van der Waals surface area contributed by atoms with Crippen LogP contribution in [0, 0.1) is 0 Å². The highest BCUT2D eigenvalue weighted by molar-refractivity contribution is 6.00. The molecule has 26 heavy (non-hydrogen) atoms. The van der Waals surface area contributed by atoms with Crippen molar-refractivity contribution in [2.75, 3.05) is 5.32 Å². The average Bonchev–Trinajstić information content (AvgIpc) is 3.26. The van der Waals surface area contributed by atoms with Gasteiger partial charge in [-0.25, -0.2) is 9.67 Å². The number of aromatic nitrogens is 3. The van der Waals surface area contributed by atoms with Crippen molar-refractivity contribution in [3.63, 3.8) is 0 Å². The van der Waals surface area contributed by atoms with Crippen LogP contribution in [0.1, 0.15) is 33.9 Å². The second-order valence-corrected chi connectivity index (χ2v) is 6.16. The summed E-state index contributed by atoms with van der Waals surface area (Å²) >= 11 is 0. The molecule has 1 atom stereocenters. The summed E-state index contributed by atoms with van der Waals surface area (Å²) in [6.45, 7) is 0.624. The van der Waals surface area contributed by atoms with Crippen LogP contribution in [0.4, 0.5) is 5.69 Å². The van der Waals surface area contributed by atoms with Gasteiger partial charge in [0, 0.05) is 11.3 Å². The molecule has 130 valence electrons. The molecule has 7 heteroatoms. The Morgan fingerprint density at radius 3 is 2.73 bits per heavy atom. The Bertz CT molecular complexity index is 935. The van der Waals surface area contributed by atoms with Gasteiger partial charge in [0.15, 0.2) is 0 Å². The first-order valence-corrected chi connectivity index (χ1v) is 8.30. The van der Waals surface area contributed by atoms with Gasteiger partial charge in [-0.1, -0.05) is 30.3 Å². The van der Waals surface area contributed by atoms with Crippen LogP contribution in [0.25, 0.3) is 0 Å². The summed E-state index contributed by atoms with van der Waals surface area (Å²) < 4.78 is 1.73. The molecule has 1 aliphatic heterocycles. The largest absolute Gasteiger partial charge is 0.345 e. The third kappa shape index (κ3) is 3.32. The fourth-order valence-electron chi connectivity index (χ4n) is 3.07. The first kappa shape index (κ1) is 16.0. The van der Waals surface area contributed by atoms with Crippen LogP contribution in [-0.4, -0.2) is 26.6 Å². The van der Waals surface area contributed by atoms with Gasteiger partial charge in [-0.2, -0.15) is 5.10 Å². The third-order valence-electron chi connectivity index (χ3n) is 4.32. The van der Waals surface area contributed by atoms with Gasteiger partial charge in [0.05, 0.1) is 19.0 Å². The Labute approximate surface area is 150 Å². The quantitative estimate of drug-likeness (QED) is 0.740. The molecular formula is C19H17N5O2. The number of anilines is 1. The number of rotatable bonds is 5. The smallest absolute Gasteiger partial charge is 0.252 e. The number of hydrogen-bond acceptors (Lipinski definition) is 4. The van der Waals surface area contributed by atoms with E-state index in [1.165, 1.54) is 6.33 Å². The van der Waals surface area contributed by atoms with Gasteiger partial charge in [0.1, 0.15) is 12.7 Å². The molecule has 1 aliphatic rings. The van der Waals surface area contributed by atoms with E-state index in [1.807, 2.05) is 42.5 Å². The van der Waals surface area contributed by atoms with Gasteiger partial charge in [0.25, 0.3) is 5.91 Å². The Morgan fingerprint density at radius 2 is 1.96 bits per heavy atom. The number of fused-ring (bicyclic) bond motifs is 1. The number of benzene rings is 2. The second-order valence-electron chi connectivity index (χ2n) is 6.16. The van der Waals surface area contributed by atoms with Crippen LogP contribution in [0.5, 0.6) is 0 Å². The predicted octanol–water partition coefficient (Wildman–Crippen LogP) is 2.14. The van der Waals surface area contributed by atoms with Crippen LogP contribution < -0.4 is 10.6 Å². The van der Waals surface area contributed by atoms with Gasteiger partial charge in [-0.15, -0.1) is 0 Å². The lowest BCUT2D eigenvalue weighted by Crippen LogP contribution is -2.24. The molecular weight excluding hydrogens is 330 g/mol. The minimum Gasteiger partial charge on any atom is -0.345 e. The molecule has 2 heterocycles. The molecule has 0 fully saturated rings. The summed E-state index contributed by atoms with van der Waals surface area (Å²) in [6.07, 6.45) is 3.35. The third-order valence-corrected chi connectivity index (χ3v) is 4.32. The Hall–Kier alpha value is -3.48. The van der Waals surface area contributed by atoms with E-state index in [2.05, 4.69) is 20.7 Å². The lowest BCUT2D eigenvalue weighted by Gasteiger charge is -2.12. The lowest BCUT2D eigenvalue weighted by atomic mass is 10.0. The standard InChI is InChI=1S/C19H17N5O2/c25-18(9-17-15-3-1-2-4-16(15)19(26)23-17)22-14-7-5-13(6-8-14)10-24-12-20-11-21-24/h1-8,11-12,17H,9-10H2,(H,22,25)(H,23,26)/t17-/m1/s1. The first-order valence-electron chi connectivity index (χ1n) is 8.30. The van der Waals surface area contributed by atoms with Gasteiger partial charge in [0.2, 0.25) is 5.91 Å². The number of carbonyl (C=O) groups excluding carboxylic acids is 2. The van der Waals surface area contributed by atoms with Crippen molar-refractivity contribution in [2.24, 2.45) is 0 Å². The van der Waals surface area contributed by atoms with Crippen molar-refractivity contribution in [1.82, 2.24) is 20.1 Å². The molecule has 0 saturated carbocycles. The molecule has 0 radical (unpaired) electrons. The van der Waals surface area contributed by atoms with Crippen molar-refractivity contribution in [2.45, 2.75) is 19.0 Å². The van der Waals surface area contributed by atoms with Crippen LogP contribution in [-0.2, 0) is 11.3 Å². The summed E-state index contributed by atoms with van der Waals surface area (Å²) in [7, 11) is 0. The zero-order valence-corrected chi connectivity index (χ0v) is 13.9. The molecule has 2 N–H and O–H groups in total. The molecule has 2 aromatic carbocycles. The van der Waals surface area contributed by atoms with E-state index >= 15 is 0 Å². The van der Waals surface area contributed by atoms with Crippen molar-refractivity contribution in [3.05, 3.63) is 77.9 Å². The molecule has 7 nitrogen and oxygen atoms in total. The van der Waals surface area contributed by atoms with Crippen LogP contribution in [0.2, 0.25) is 0 Å². The first-order chi connectivity index (χ1) is 12.7. The molecule has 4 rings (SSSR count). The second kappa shape index (κ2) is 6.79. The monoisotopic (exact) mass is 347 g/mol. The fourth-order valence-corrected chi connectivity index (χ4v) is 3.07. The minimum absolute atomic E-state index is 0.129. The SMILES string of the molecule is O=C(C[C@H]1NC(=O)c2ccccc21)Nc1ccc(Cn2cncn2)cc1. The van der Waals surface area contributed by atoms with Gasteiger partial charge < -0.3 is 10.6 Å². The fraction of sp³-hybridized carbons (Fsp3) is 0.158. The highest BCUT2D eigenvalue weighted by atomic mass is 16.2. The predicted molar refractivity (Wildman–Crippen MR) is 95.5 cm³/mol. The van der Waals surface area contributed by atoms with Gasteiger partial charge in [-0.3, -0.25) is 9.59 Å². The lowest BCUT2D eigenvalue weighted by molar-refractivity contribution is -0.116. The molecule has 0 saturated heterocycles. The van der Waals surface area contributed by atoms with E-state index in [0.29, 0.717) is 12.1 Å². The minimum atomic E-state index is -0.287. The Kier molecular flexibility index (Phi) is 4.18. The van der Waals surface area contributed by atoms with Crippen molar-refractivity contribution >= 4 is 17.5 Å². The van der Waals surface area contributed by atoms with Crippen molar-refractivity contribution in [3.8, 4) is 0 Å². The van der Waals surface area contributed by atoms with Gasteiger partial charge in [-0.05, 0) is 29.3 Å². The summed E-state index contributed by atoms with van der Waals surface area (Å²) in [5, 5.41) is 9.80. The highest BCUT2D eigenvalue weighted by Gasteiger charge is 2.29. The normalized spacial score (nSPS) is 15.4. The van der Waals surface area contributed by atoms with E-state index in [9.17, 15) is 9.59 Å². The summed E-state index contributed by atoms with van der Waals surface area (Å²) in [6, 6.07) is 14.6. The molecule has 3 aromatic rings. The van der Waals surface area contributed by atoms with E-state index in [-0.39, 0.29) is 24.3 Å². The molecule has 0 spiro atoms. The van der Waals surface area contributed by atoms with E-state index < -0.39 is 0 Å². The summed E-state index contributed by atoms with van der Waals surface area (Å²) in [4.78, 5) is 28.2. The molecule has 0 unspecified atom stereocenters. The molecule has 2 amide bonds. The van der Waals surface area contributed by atoms with Crippen LogP contribution in [0.3, 0.4) is 0 Å². The Morgan fingerprint density at radius 1 is 1.15 bits per heavy atom.